The number of nitrogens with zero attached hydrogens (tertiary/aromatic N) is 2. The highest BCUT2D eigenvalue weighted by molar-refractivity contribution is 7.15. The smallest absolute Gasteiger partial charge is 0.274 e. The number of benzene rings is 2. The lowest BCUT2D eigenvalue weighted by atomic mass is 10.0. The van der Waals surface area contributed by atoms with Crippen LogP contribution in [0, 0.1) is 25.7 Å². The first kappa shape index (κ1) is 24.4. The molecular weight excluding hydrogens is 510 g/mol. The highest BCUT2D eigenvalue weighted by Gasteiger charge is 2.54. The predicted octanol–water partition coefficient (Wildman–Crippen LogP) is 4.88. The molecular formula is C28H28ClN3O4S. The van der Waals surface area contributed by atoms with E-state index in [9.17, 15) is 9.59 Å². The lowest BCUT2D eigenvalue weighted by molar-refractivity contribution is -0.0367. The summed E-state index contributed by atoms with van der Waals surface area (Å²) in [6, 6.07) is 11.5. The molecule has 1 unspecified atom stereocenters. The molecule has 6 rings (SSSR count). The number of halogens is 1. The van der Waals surface area contributed by atoms with Crippen LogP contribution in [-0.4, -0.2) is 54.2 Å². The fourth-order valence-electron chi connectivity index (χ4n) is 5.66. The quantitative estimate of drug-likeness (QED) is 0.485. The largest absolute Gasteiger partial charge is 0.463 e. The van der Waals surface area contributed by atoms with Crippen molar-refractivity contribution in [2.75, 3.05) is 20.2 Å². The number of ether oxygens (including phenoxy) is 2. The molecule has 1 aliphatic carbocycles. The zero-order valence-electron chi connectivity index (χ0n) is 20.9. The maximum Gasteiger partial charge on any atom is 0.274 e. The van der Waals surface area contributed by atoms with Crippen molar-refractivity contribution in [1.82, 2.24) is 15.2 Å². The minimum absolute atomic E-state index is 0.0582. The van der Waals surface area contributed by atoms with Crippen LogP contribution in [0.5, 0.6) is 5.75 Å². The minimum atomic E-state index is -0.458. The van der Waals surface area contributed by atoms with Crippen LogP contribution >= 0.6 is 22.9 Å². The number of fused-ring (bicyclic) bond motifs is 2. The highest BCUT2D eigenvalue weighted by atomic mass is 35.5. The van der Waals surface area contributed by atoms with E-state index in [1.165, 1.54) is 0 Å². The standard InChI is InChI=1S/C28H28ClN3O4S/c1-14-5-4-6-16(9-14)26-24(31-15(2)37-26)28(34)32-13-17-10-19(17)22(32)12-30-27(33)18-7-8-21(29)25-20(18)11-23(35-3)36-25/h4-9,17,19,22-23H,10-13H2,1-3H3,(H,30,33)/t17-,19-,22+,23?/m0/s1. The second kappa shape index (κ2) is 9.42. The van der Waals surface area contributed by atoms with Crippen molar-refractivity contribution in [3.63, 3.8) is 0 Å². The molecule has 37 heavy (non-hydrogen) atoms. The number of rotatable bonds is 6. The van der Waals surface area contributed by atoms with E-state index in [-0.39, 0.29) is 17.9 Å². The number of amides is 2. The highest BCUT2D eigenvalue weighted by Crippen LogP contribution is 2.50. The van der Waals surface area contributed by atoms with Gasteiger partial charge in [-0.15, -0.1) is 11.3 Å². The zero-order valence-corrected chi connectivity index (χ0v) is 22.5. The van der Waals surface area contributed by atoms with Gasteiger partial charge in [-0.2, -0.15) is 0 Å². The van der Waals surface area contributed by atoms with Crippen molar-refractivity contribution >= 4 is 34.8 Å². The summed E-state index contributed by atoms with van der Waals surface area (Å²) in [6.45, 7) is 5.07. The second-order valence-electron chi connectivity index (χ2n) is 10.1. The van der Waals surface area contributed by atoms with Crippen molar-refractivity contribution in [2.45, 2.75) is 39.0 Å². The van der Waals surface area contributed by atoms with E-state index >= 15 is 0 Å². The van der Waals surface area contributed by atoms with Gasteiger partial charge in [-0.3, -0.25) is 9.59 Å². The summed E-state index contributed by atoms with van der Waals surface area (Å²) < 4.78 is 11.1. The van der Waals surface area contributed by atoms with E-state index in [1.54, 1.807) is 30.6 Å². The minimum Gasteiger partial charge on any atom is -0.463 e. The van der Waals surface area contributed by atoms with Gasteiger partial charge in [0.2, 0.25) is 6.29 Å². The van der Waals surface area contributed by atoms with Gasteiger partial charge in [0.05, 0.1) is 20.9 Å². The topological polar surface area (TPSA) is 80.8 Å². The normalized spacial score (nSPS) is 23.4. The lowest BCUT2D eigenvalue weighted by Crippen LogP contribution is -2.45. The third kappa shape index (κ3) is 4.41. The van der Waals surface area contributed by atoms with Gasteiger partial charge in [-0.25, -0.2) is 4.98 Å². The Morgan fingerprint density at radius 3 is 2.89 bits per heavy atom. The number of hydrogen-bond acceptors (Lipinski definition) is 6. The fourth-order valence-corrected chi connectivity index (χ4v) is 6.79. The number of hydrogen-bond donors (Lipinski definition) is 1. The first-order chi connectivity index (χ1) is 17.8. The third-order valence-electron chi connectivity index (χ3n) is 7.59. The number of aromatic nitrogens is 1. The number of methoxy groups -OCH3 is 1. The molecule has 2 fully saturated rings. The molecule has 7 nitrogen and oxygen atoms in total. The Morgan fingerprint density at radius 2 is 2.11 bits per heavy atom. The Hall–Kier alpha value is -2.94. The summed E-state index contributed by atoms with van der Waals surface area (Å²) in [5, 5.41) is 4.41. The van der Waals surface area contributed by atoms with Gasteiger partial charge in [0.1, 0.15) is 11.4 Å². The third-order valence-corrected chi connectivity index (χ3v) is 8.91. The van der Waals surface area contributed by atoms with E-state index < -0.39 is 6.29 Å². The van der Waals surface area contributed by atoms with Crippen LogP contribution in [0.25, 0.3) is 10.4 Å². The molecule has 1 aromatic heterocycles. The van der Waals surface area contributed by atoms with Crippen molar-refractivity contribution in [3.8, 4) is 16.2 Å². The van der Waals surface area contributed by atoms with Crippen molar-refractivity contribution in [2.24, 2.45) is 11.8 Å². The van der Waals surface area contributed by atoms with Gasteiger partial charge in [-0.05, 0) is 49.8 Å². The molecule has 2 aromatic carbocycles. The Bertz CT molecular complexity index is 1410. The average molecular weight is 538 g/mol. The summed E-state index contributed by atoms with van der Waals surface area (Å²) in [5.41, 5.74) is 3.93. The maximum atomic E-state index is 13.8. The number of aryl methyl sites for hydroxylation is 2. The Balaban J connectivity index is 1.21. The van der Waals surface area contributed by atoms with Crippen LogP contribution in [0.2, 0.25) is 5.02 Å². The Kier molecular flexibility index (Phi) is 6.21. The number of nitrogens with one attached hydrogen (secondary N) is 1. The molecule has 3 aliphatic rings. The van der Waals surface area contributed by atoms with Gasteiger partial charge in [-0.1, -0.05) is 41.4 Å². The summed E-state index contributed by atoms with van der Waals surface area (Å²) in [5.74, 6) is 1.14. The van der Waals surface area contributed by atoms with Gasteiger partial charge < -0.3 is 19.7 Å². The molecule has 4 atom stereocenters. The van der Waals surface area contributed by atoms with Gasteiger partial charge in [0.25, 0.3) is 11.8 Å². The van der Waals surface area contributed by atoms with E-state index in [0.29, 0.717) is 53.4 Å². The molecule has 192 valence electrons. The molecule has 1 saturated carbocycles. The monoisotopic (exact) mass is 537 g/mol. The molecule has 3 aromatic rings. The molecule has 3 heterocycles. The molecule has 2 aliphatic heterocycles. The molecule has 1 N–H and O–H groups in total. The summed E-state index contributed by atoms with van der Waals surface area (Å²) in [4.78, 5) is 34.5. The molecule has 9 heteroatoms. The lowest BCUT2D eigenvalue weighted by Gasteiger charge is -2.27. The van der Waals surface area contributed by atoms with Crippen LogP contribution in [0.4, 0.5) is 0 Å². The molecule has 0 radical (unpaired) electrons. The predicted molar refractivity (Wildman–Crippen MR) is 142 cm³/mol. The number of likely N-dealkylation sites (tertiary alicyclic amines) is 1. The fraction of sp³-hybridized carbons (Fsp3) is 0.393. The van der Waals surface area contributed by atoms with Crippen LogP contribution in [0.15, 0.2) is 36.4 Å². The Labute approximate surface area is 224 Å². The molecule has 1 saturated heterocycles. The number of carbonyl (C=O) groups is 2. The number of carbonyl (C=O) groups excluding carboxylic acids is 2. The Morgan fingerprint density at radius 1 is 1.27 bits per heavy atom. The van der Waals surface area contributed by atoms with Gasteiger partial charge in [0, 0.05) is 37.7 Å². The second-order valence-corrected chi connectivity index (χ2v) is 11.7. The summed E-state index contributed by atoms with van der Waals surface area (Å²) >= 11 is 7.84. The van der Waals surface area contributed by atoms with Crippen LogP contribution in [0.3, 0.4) is 0 Å². The van der Waals surface area contributed by atoms with E-state index in [0.717, 1.165) is 33.0 Å². The van der Waals surface area contributed by atoms with E-state index in [4.69, 9.17) is 21.1 Å². The average Bonchev–Trinajstić information content (AvgIpc) is 3.20. The van der Waals surface area contributed by atoms with Crippen molar-refractivity contribution in [1.29, 1.82) is 0 Å². The maximum absolute atomic E-state index is 13.8. The molecule has 0 bridgehead atoms. The number of thiazole rings is 1. The zero-order chi connectivity index (χ0) is 25.8. The van der Waals surface area contributed by atoms with Crippen molar-refractivity contribution in [3.05, 3.63) is 68.8 Å². The van der Waals surface area contributed by atoms with Crippen LogP contribution in [-0.2, 0) is 11.2 Å². The first-order valence-electron chi connectivity index (χ1n) is 12.5. The number of piperidine rings is 1. The van der Waals surface area contributed by atoms with Crippen LogP contribution in [0.1, 0.15) is 43.4 Å². The summed E-state index contributed by atoms with van der Waals surface area (Å²) in [6.07, 6.45) is 1.09. The summed E-state index contributed by atoms with van der Waals surface area (Å²) in [7, 11) is 1.57. The van der Waals surface area contributed by atoms with E-state index in [1.807, 2.05) is 36.9 Å². The molecule has 2 amide bonds. The van der Waals surface area contributed by atoms with Crippen molar-refractivity contribution < 1.29 is 19.1 Å². The van der Waals surface area contributed by atoms with Crippen LogP contribution < -0.4 is 10.1 Å². The van der Waals surface area contributed by atoms with E-state index in [2.05, 4.69) is 16.4 Å². The first-order valence-corrected chi connectivity index (χ1v) is 13.7. The van der Waals surface area contributed by atoms with Gasteiger partial charge >= 0.3 is 0 Å². The van der Waals surface area contributed by atoms with Gasteiger partial charge in [0.15, 0.2) is 0 Å². The SMILES string of the molecule is COC1Cc2c(C(=O)NC[C@@H]3[C@H]4C[C@H]4CN3C(=O)c3nc(C)sc3-c3cccc(C)c3)ccc(Cl)c2O1. The molecule has 0 spiro atoms.